The normalized spacial score (nSPS) is 12.6. The van der Waals surface area contributed by atoms with E-state index in [1.807, 2.05) is 47.1 Å². The van der Waals surface area contributed by atoms with E-state index in [1.54, 1.807) is 12.1 Å². The first kappa shape index (κ1) is 18.3. The molecular weight excluding hydrogens is 350 g/mol. The molecule has 1 heterocycles. The first-order valence-electron chi connectivity index (χ1n) is 9.96. The molecule has 0 fully saturated rings. The fourth-order valence-electron chi connectivity index (χ4n) is 3.49. The van der Waals surface area contributed by atoms with Crippen LogP contribution in [0, 0.1) is 0 Å². The Morgan fingerprint density at radius 3 is 2.64 bits per heavy atom. The number of carbonyl (C=O) groups is 1. The van der Waals surface area contributed by atoms with Gasteiger partial charge in [0, 0.05) is 11.1 Å². The summed E-state index contributed by atoms with van der Waals surface area (Å²) in [7, 11) is 0. The van der Waals surface area contributed by atoms with Crippen molar-refractivity contribution in [3.8, 4) is 11.4 Å². The number of unbranched alkanes of at least 4 members (excludes halogenated alkanes) is 1. The molecule has 1 amide bonds. The van der Waals surface area contributed by atoms with Gasteiger partial charge in [0.2, 0.25) is 0 Å². The minimum absolute atomic E-state index is 0.133. The van der Waals surface area contributed by atoms with Gasteiger partial charge in [-0.2, -0.15) is 5.10 Å². The number of hydrogen-bond donors (Lipinski definition) is 1. The zero-order chi connectivity index (χ0) is 19.3. The summed E-state index contributed by atoms with van der Waals surface area (Å²) in [6.07, 6.45) is 5.11. The quantitative estimate of drug-likeness (QED) is 0.604. The Morgan fingerprint density at radius 2 is 1.89 bits per heavy atom. The van der Waals surface area contributed by atoms with Crippen LogP contribution in [-0.4, -0.2) is 22.3 Å². The second-order valence-corrected chi connectivity index (χ2v) is 7.06. The fourth-order valence-corrected chi connectivity index (χ4v) is 3.49. The molecule has 5 nitrogen and oxygen atoms in total. The van der Waals surface area contributed by atoms with E-state index in [9.17, 15) is 4.79 Å². The predicted octanol–water partition coefficient (Wildman–Crippen LogP) is 4.79. The SMILES string of the molecule is CCCCOc1ccc(C(=O)Nc2c3c(nn2-c2ccccc2)CCC3)cc1. The van der Waals surface area contributed by atoms with Gasteiger partial charge < -0.3 is 10.1 Å². The van der Waals surface area contributed by atoms with Gasteiger partial charge in [-0.05, 0) is 62.1 Å². The van der Waals surface area contributed by atoms with Crippen molar-refractivity contribution in [2.24, 2.45) is 0 Å². The number of rotatable bonds is 7. The summed E-state index contributed by atoms with van der Waals surface area (Å²) >= 11 is 0. The van der Waals surface area contributed by atoms with E-state index >= 15 is 0 Å². The number of aryl methyl sites for hydroxylation is 1. The van der Waals surface area contributed by atoms with Gasteiger partial charge in [0.15, 0.2) is 0 Å². The van der Waals surface area contributed by atoms with Crippen molar-refractivity contribution in [1.29, 1.82) is 0 Å². The number of nitrogens with zero attached hydrogens (tertiary/aromatic N) is 2. The third kappa shape index (κ3) is 3.79. The molecule has 2 aromatic carbocycles. The van der Waals surface area contributed by atoms with E-state index in [1.165, 1.54) is 0 Å². The molecular formula is C23H25N3O2. The first-order chi connectivity index (χ1) is 13.8. The fraction of sp³-hybridized carbons (Fsp3) is 0.304. The van der Waals surface area contributed by atoms with Crippen molar-refractivity contribution < 1.29 is 9.53 Å². The Kier molecular flexibility index (Phi) is 5.42. The maximum atomic E-state index is 12.9. The van der Waals surface area contributed by atoms with Gasteiger partial charge in [-0.3, -0.25) is 4.79 Å². The smallest absolute Gasteiger partial charge is 0.256 e. The average Bonchev–Trinajstić information content (AvgIpc) is 3.32. The number of ether oxygens (including phenoxy) is 1. The summed E-state index contributed by atoms with van der Waals surface area (Å²) in [5.74, 6) is 1.44. The van der Waals surface area contributed by atoms with Crippen molar-refractivity contribution in [1.82, 2.24) is 9.78 Å². The number of fused-ring (bicyclic) bond motifs is 1. The van der Waals surface area contributed by atoms with Crippen molar-refractivity contribution in [2.75, 3.05) is 11.9 Å². The van der Waals surface area contributed by atoms with Gasteiger partial charge in [0.05, 0.1) is 18.0 Å². The Morgan fingerprint density at radius 1 is 1.11 bits per heavy atom. The van der Waals surface area contributed by atoms with Crippen LogP contribution >= 0.6 is 0 Å². The van der Waals surface area contributed by atoms with E-state index in [2.05, 4.69) is 12.2 Å². The monoisotopic (exact) mass is 375 g/mol. The molecule has 1 N–H and O–H groups in total. The van der Waals surface area contributed by atoms with Crippen molar-refractivity contribution in [3.05, 3.63) is 71.4 Å². The van der Waals surface area contributed by atoms with Crippen LogP contribution in [0.2, 0.25) is 0 Å². The number of anilines is 1. The van der Waals surface area contributed by atoms with Gasteiger partial charge >= 0.3 is 0 Å². The van der Waals surface area contributed by atoms with Gasteiger partial charge in [0.25, 0.3) is 5.91 Å². The zero-order valence-corrected chi connectivity index (χ0v) is 16.1. The lowest BCUT2D eigenvalue weighted by atomic mass is 10.2. The molecule has 0 aliphatic heterocycles. The minimum atomic E-state index is -0.133. The second kappa shape index (κ2) is 8.30. The lowest BCUT2D eigenvalue weighted by molar-refractivity contribution is 0.102. The molecule has 0 bridgehead atoms. The number of nitrogens with one attached hydrogen (secondary N) is 1. The summed E-state index contributed by atoms with van der Waals surface area (Å²) in [5, 5.41) is 7.84. The van der Waals surface area contributed by atoms with Crippen LogP contribution in [-0.2, 0) is 12.8 Å². The molecule has 0 saturated carbocycles. The summed E-state index contributed by atoms with van der Waals surface area (Å²) in [6, 6.07) is 17.2. The van der Waals surface area contributed by atoms with Crippen molar-refractivity contribution in [2.45, 2.75) is 39.0 Å². The number of aromatic nitrogens is 2. The number of para-hydroxylation sites is 1. The Balaban J connectivity index is 1.55. The molecule has 0 spiro atoms. The topological polar surface area (TPSA) is 56.1 Å². The van der Waals surface area contributed by atoms with Crippen LogP contribution in [0.4, 0.5) is 5.82 Å². The Bertz CT molecular complexity index is 946. The lowest BCUT2D eigenvalue weighted by Crippen LogP contribution is -2.16. The third-order valence-corrected chi connectivity index (χ3v) is 5.02. The maximum absolute atomic E-state index is 12.9. The Hall–Kier alpha value is -3.08. The van der Waals surface area contributed by atoms with Crippen LogP contribution in [0.25, 0.3) is 5.69 Å². The van der Waals surface area contributed by atoms with E-state index in [0.717, 1.165) is 60.6 Å². The summed E-state index contributed by atoms with van der Waals surface area (Å²) < 4.78 is 7.53. The van der Waals surface area contributed by atoms with Gasteiger partial charge in [-0.1, -0.05) is 31.5 Å². The second-order valence-electron chi connectivity index (χ2n) is 7.06. The Labute approximate surface area is 165 Å². The van der Waals surface area contributed by atoms with Crippen molar-refractivity contribution in [3.63, 3.8) is 0 Å². The van der Waals surface area contributed by atoms with Crippen LogP contribution in [0.1, 0.15) is 47.8 Å². The van der Waals surface area contributed by atoms with Crippen molar-refractivity contribution >= 4 is 11.7 Å². The number of carbonyl (C=O) groups excluding carboxylic acids is 1. The van der Waals surface area contributed by atoms with Gasteiger partial charge in [0.1, 0.15) is 11.6 Å². The molecule has 1 aliphatic rings. The molecule has 144 valence electrons. The molecule has 28 heavy (non-hydrogen) atoms. The van der Waals surface area contributed by atoms with Crippen LogP contribution in [0.3, 0.4) is 0 Å². The molecule has 0 radical (unpaired) electrons. The van der Waals surface area contributed by atoms with E-state index < -0.39 is 0 Å². The zero-order valence-electron chi connectivity index (χ0n) is 16.1. The number of amides is 1. The molecule has 0 saturated heterocycles. The van der Waals surface area contributed by atoms with E-state index in [4.69, 9.17) is 9.84 Å². The molecule has 4 rings (SSSR count). The highest BCUT2D eigenvalue weighted by Gasteiger charge is 2.24. The molecule has 1 aromatic heterocycles. The molecule has 0 atom stereocenters. The highest BCUT2D eigenvalue weighted by Crippen LogP contribution is 2.31. The predicted molar refractivity (Wildman–Crippen MR) is 110 cm³/mol. The molecule has 1 aliphatic carbocycles. The summed E-state index contributed by atoms with van der Waals surface area (Å²) in [5.41, 5.74) is 3.79. The van der Waals surface area contributed by atoms with E-state index in [0.29, 0.717) is 12.2 Å². The molecule has 0 unspecified atom stereocenters. The van der Waals surface area contributed by atoms with Crippen LogP contribution in [0.5, 0.6) is 5.75 Å². The van der Waals surface area contributed by atoms with Gasteiger partial charge in [-0.25, -0.2) is 4.68 Å². The summed E-state index contributed by atoms with van der Waals surface area (Å²) in [4.78, 5) is 12.9. The standard InChI is InChI=1S/C23H25N3O2/c1-2-3-16-28-19-14-12-17(13-15-19)23(27)24-22-20-10-7-11-21(20)25-26(22)18-8-5-4-6-9-18/h4-6,8-9,12-15H,2-3,7,10-11,16H2,1H3,(H,24,27). The third-order valence-electron chi connectivity index (χ3n) is 5.02. The highest BCUT2D eigenvalue weighted by molar-refractivity contribution is 6.04. The number of benzene rings is 2. The number of hydrogen-bond acceptors (Lipinski definition) is 3. The summed E-state index contributed by atoms with van der Waals surface area (Å²) in [6.45, 7) is 2.83. The first-order valence-corrected chi connectivity index (χ1v) is 9.96. The minimum Gasteiger partial charge on any atom is -0.494 e. The van der Waals surface area contributed by atoms with Crippen LogP contribution < -0.4 is 10.1 Å². The van der Waals surface area contributed by atoms with Crippen LogP contribution in [0.15, 0.2) is 54.6 Å². The molecule has 3 aromatic rings. The largest absolute Gasteiger partial charge is 0.494 e. The van der Waals surface area contributed by atoms with Gasteiger partial charge in [-0.15, -0.1) is 0 Å². The maximum Gasteiger partial charge on any atom is 0.256 e. The molecule has 5 heteroatoms. The average molecular weight is 375 g/mol. The highest BCUT2D eigenvalue weighted by atomic mass is 16.5. The lowest BCUT2D eigenvalue weighted by Gasteiger charge is -2.11. The van der Waals surface area contributed by atoms with E-state index in [-0.39, 0.29) is 5.91 Å².